The third kappa shape index (κ3) is 5.40. The Labute approximate surface area is 134 Å². The van der Waals surface area contributed by atoms with Crippen molar-refractivity contribution in [2.75, 3.05) is 25.0 Å². The van der Waals surface area contributed by atoms with E-state index in [1.807, 2.05) is 25.1 Å². The van der Waals surface area contributed by atoms with Crippen molar-refractivity contribution in [3.63, 3.8) is 0 Å². The maximum Gasteiger partial charge on any atom is 0.238 e. The molecule has 1 aromatic rings. The van der Waals surface area contributed by atoms with Gasteiger partial charge in [-0.25, -0.2) is 0 Å². The van der Waals surface area contributed by atoms with Gasteiger partial charge in [-0.3, -0.25) is 4.79 Å². The number of nitrogens with one attached hydrogen (secondary N) is 2. The first-order valence-electron chi connectivity index (χ1n) is 6.53. The molecule has 1 aliphatic rings. The van der Waals surface area contributed by atoms with Gasteiger partial charge in [-0.1, -0.05) is 15.9 Å². The van der Waals surface area contributed by atoms with Crippen molar-refractivity contribution in [1.82, 2.24) is 5.32 Å². The summed E-state index contributed by atoms with van der Waals surface area (Å²) in [5.74, 6) is -0.0280. The second kappa shape index (κ2) is 8.62. The summed E-state index contributed by atoms with van der Waals surface area (Å²) in [7, 11) is 0. The fourth-order valence-corrected chi connectivity index (χ4v) is 2.33. The summed E-state index contributed by atoms with van der Waals surface area (Å²) >= 11 is 3.44. The third-order valence-electron chi connectivity index (χ3n) is 3.12. The van der Waals surface area contributed by atoms with Crippen molar-refractivity contribution in [2.45, 2.75) is 25.9 Å². The first-order chi connectivity index (χ1) is 9.15. The number of benzene rings is 1. The van der Waals surface area contributed by atoms with Gasteiger partial charge >= 0.3 is 0 Å². The standard InChI is InChI=1S/C14H19BrN2O2.ClH/c1-10-7-11(4-5-13(10)15)17-14(18)9-16-8-12-3-2-6-19-12;/h4-5,7,12,16H,2-3,6,8-9H2,1H3,(H,17,18);1H. The van der Waals surface area contributed by atoms with E-state index in [0.29, 0.717) is 6.54 Å². The second-order valence-corrected chi connectivity index (χ2v) is 5.63. The molecule has 1 atom stereocenters. The Bertz CT molecular complexity index is 451. The summed E-state index contributed by atoms with van der Waals surface area (Å²) in [5.41, 5.74) is 1.93. The van der Waals surface area contributed by atoms with Crippen molar-refractivity contribution in [3.05, 3.63) is 28.2 Å². The minimum Gasteiger partial charge on any atom is -0.377 e. The van der Waals surface area contributed by atoms with Crippen molar-refractivity contribution < 1.29 is 9.53 Å². The van der Waals surface area contributed by atoms with E-state index >= 15 is 0 Å². The summed E-state index contributed by atoms with van der Waals surface area (Å²) in [6.07, 6.45) is 2.47. The van der Waals surface area contributed by atoms with E-state index in [1.54, 1.807) is 0 Å². The van der Waals surface area contributed by atoms with Gasteiger partial charge in [0.1, 0.15) is 0 Å². The lowest BCUT2D eigenvalue weighted by Crippen LogP contribution is -2.33. The van der Waals surface area contributed by atoms with Gasteiger partial charge in [0.25, 0.3) is 0 Å². The molecule has 1 aromatic carbocycles. The lowest BCUT2D eigenvalue weighted by Gasteiger charge is -2.11. The highest BCUT2D eigenvalue weighted by Gasteiger charge is 2.15. The van der Waals surface area contributed by atoms with Gasteiger partial charge < -0.3 is 15.4 Å². The van der Waals surface area contributed by atoms with Crippen molar-refractivity contribution in [2.24, 2.45) is 0 Å². The van der Waals surface area contributed by atoms with E-state index in [4.69, 9.17) is 4.74 Å². The van der Waals surface area contributed by atoms with Crippen LogP contribution < -0.4 is 10.6 Å². The zero-order valence-corrected chi connectivity index (χ0v) is 13.9. The maximum atomic E-state index is 11.8. The molecule has 1 aliphatic heterocycles. The number of amides is 1. The number of hydrogen-bond acceptors (Lipinski definition) is 3. The zero-order valence-electron chi connectivity index (χ0n) is 11.4. The van der Waals surface area contributed by atoms with Crippen molar-refractivity contribution >= 4 is 39.9 Å². The normalized spacial score (nSPS) is 17.6. The number of carbonyl (C=O) groups excluding carboxylic acids is 1. The maximum absolute atomic E-state index is 11.8. The SMILES string of the molecule is Cc1cc(NC(=O)CNCC2CCCO2)ccc1Br.Cl. The Morgan fingerprint density at radius 1 is 1.50 bits per heavy atom. The highest BCUT2D eigenvalue weighted by Crippen LogP contribution is 2.19. The molecule has 0 radical (unpaired) electrons. The minimum atomic E-state index is -0.0280. The van der Waals surface area contributed by atoms with Crippen LogP contribution in [0.1, 0.15) is 18.4 Å². The van der Waals surface area contributed by atoms with Crippen LogP contribution in [0.5, 0.6) is 0 Å². The van der Waals surface area contributed by atoms with Gasteiger partial charge in [0.05, 0.1) is 12.6 Å². The summed E-state index contributed by atoms with van der Waals surface area (Å²) in [4.78, 5) is 11.8. The van der Waals surface area contributed by atoms with Crippen LogP contribution in [0.25, 0.3) is 0 Å². The largest absolute Gasteiger partial charge is 0.377 e. The van der Waals surface area contributed by atoms with Crippen LogP contribution in [0, 0.1) is 6.92 Å². The van der Waals surface area contributed by atoms with Crippen molar-refractivity contribution in [3.8, 4) is 0 Å². The highest BCUT2D eigenvalue weighted by atomic mass is 79.9. The van der Waals surface area contributed by atoms with E-state index in [1.165, 1.54) is 0 Å². The van der Waals surface area contributed by atoms with Crippen LogP contribution in [0.15, 0.2) is 22.7 Å². The van der Waals surface area contributed by atoms with Crippen LogP contribution in [0.3, 0.4) is 0 Å². The van der Waals surface area contributed by atoms with Crippen LogP contribution >= 0.6 is 28.3 Å². The number of anilines is 1. The minimum absolute atomic E-state index is 0. The number of halogens is 2. The number of rotatable bonds is 5. The third-order valence-corrected chi connectivity index (χ3v) is 4.01. The summed E-state index contributed by atoms with van der Waals surface area (Å²) in [6, 6.07) is 5.77. The number of aryl methyl sites for hydroxylation is 1. The Hall–Kier alpha value is -0.620. The molecule has 20 heavy (non-hydrogen) atoms. The molecule has 0 saturated carbocycles. The Balaban J connectivity index is 0.00000200. The Morgan fingerprint density at radius 3 is 2.95 bits per heavy atom. The summed E-state index contributed by atoms with van der Waals surface area (Å²) < 4.78 is 6.53. The molecule has 1 unspecified atom stereocenters. The Kier molecular flexibility index (Phi) is 7.51. The van der Waals surface area contributed by atoms with Crippen LogP contribution in [0.2, 0.25) is 0 Å². The van der Waals surface area contributed by atoms with Crippen LogP contribution in [-0.2, 0) is 9.53 Å². The molecule has 1 fully saturated rings. The second-order valence-electron chi connectivity index (χ2n) is 4.78. The summed E-state index contributed by atoms with van der Waals surface area (Å²) in [6.45, 7) is 3.90. The quantitative estimate of drug-likeness (QED) is 0.846. The number of ether oxygens (including phenoxy) is 1. The van der Waals surface area contributed by atoms with Gasteiger partial charge in [-0.15, -0.1) is 12.4 Å². The van der Waals surface area contributed by atoms with E-state index in [-0.39, 0.29) is 24.4 Å². The smallest absolute Gasteiger partial charge is 0.238 e. The molecule has 112 valence electrons. The van der Waals surface area contributed by atoms with E-state index in [2.05, 4.69) is 26.6 Å². The predicted molar refractivity (Wildman–Crippen MR) is 86.6 cm³/mol. The molecule has 4 nitrogen and oxygen atoms in total. The molecule has 1 heterocycles. The first kappa shape index (κ1) is 17.4. The number of hydrogen-bond donors (Lipinski definition) is 2. The predicted octanol–water partition coefficient (Wildman–Crippen LogP) is 2.89. The molecule has 0 spiro atoms. The molecule has 1 amide bonds. The molecule has 2 N–H and O–H groups in total. The average Bonchev–Trinajstić information content (AvgIpc) is 2.87. The van der Waals surface area contributed by atoms with E-state index < -0.39 is 0 Å². The first-order valence-corrected chi connectivity index (χ1v) is 7.33. The van der Waals surface area contributed by atoms with Gasteiger partial charge in [-0.2, -0.15) is 0 Å². The fraction of sp³-hybridized carbons (Fsp3) is 0.500. The molecule has 0 aliphatic carbocycles. The molecule has 2 rings (SSSR count). The van der Waals surface area contributed by atoms with E-state index in [9.17, 15) is 4.79 Å². The molecular weight excluding hydrogens is 344 g/mol. The van der Waals surface area contributed by atoms with Gasteiger partial charge in [0.15, 0.2) is 0 Å². The summed E-state index contributed by atoms with van der Waals surface area (Å²) in [5, 5.41) is 6.00. The van der Waals surface area contributed by atoms with Crippen LogP contribution in [-0.4, -0.2) is 31.7 Å². The lowest BCUT2D eigenvalue weighted by atomic mass is 10.2. The molecule has 1 saturated heterocycles. The highest BCUT2D eigenvalue weighted by molar-refractivity contribution is 9.10. The molecule has 0 aromatic heterocycles. The van der Waals surface area contributed by atoms with E-state index in [0.717, 1.165) is 41.7 Å². The van der Waals surface area contributed by atoms with Gasteiger partial charge in [-0.05, 0) is 43.5 Å². The average molecular weight is 364 g/mol. The van der Waals surface area contributed by atoms with Gasteiger partial charge in [0.2, 0.25) is 5.91 Å². The van der Waals surface area contributed by atoms with Crippen LogP contribution in [0.4, 0.5) is 5.69 Å². The lowest BCUT2D eigenvalue weighted by molar-refractivity contribution is -0.115. The Morgan fingerprint density at radius 2 is 2.30 bits per heavy atom. The molecule has 6 heteroatoms. The zero-order chi connectivity index (χ0) is 13.7. The van der Waals surface area contributed by atoms with Crippen molar-refractivity contribution in [1.29, 1.82) is 0 Å². The molecule has 0 bridgehead atoms. The fourth-order valence-electron chi connectivity index (χ4n) is 2.08. The molecular formula is C14H20BrClN2O2. The monoisotopic (exact) mass is 362 g/mol. The topological polar surface area (TPSA) is 50.4 Å². The van der Waals surface area contributed by atoms with Gasteiger partial charge in [0, 0.05) is 23.3 Å². The number of carbonyl (C=O) groups is 1.